The number of carbonyl (C=O) groups excluding carboxylic acids is 3. The molecule has 1 unspecified atom stereocenters. The Hall–Kier alpha value is -2.64. The summed E-state index contributed by atoms with van der Waals surface area (Å²) in [7, 11) is 0. The second kappa shape index (κ2) is 9.34. The lowest BCUT2D eigenvalue weighted by Gasteiger charge is -2.14. The summed E-state index contributed by atoms with van der Waals surface area (Å²) in [4.78, 5) is 35.7. The lowest BCUT2D eigenvalue weighted by Crippen LogP contribution is -2.35. The second-order valence-corrected chi connectivity index (χ2v) is 6.35. The van der Waals surface area contributed by atoms with E-state index in [-0.39, 0.29) is 5.56 Å². The number of halogens is 3. The largest absolute Gasteiger partial charge is 0.451 e. The van der Waals surface area contributed by atoms with Gasteiger partial charge in [0.05, 0.1) is 0 Å². The molecule has 0 radical (unpaired) electrons. The van der Waals surface area contributed by atoms with Crippen LogP contribution in [0.2, 0.25) is 10.0 Å². The standard InChI is InChI=1S/C18H15Cl2FN2O4/c1-10(17(25)23-15-7-12(19)6-13(20)8-15)27-16(24)9-22-18(26)11-3-2-4-14(21)5-11/h2-8,10H,9H2,1H3,(H,22,26)(H,23,25). The predicted molar refractivity (Wildman–Crippen MR) is 99.4 cm³/mol. The summed E-state index contributed by atoms with van der Waals surface area (Å²) in [6, 6.07) is 9.47. The van der Waals surface area contributed by atoms with Crippen molar-refractivity contribution in [3.63, 3.8) is 0 Å². The zero-order valence-corrected chi connectivity index (χ0v) is 15.6. The number of carbonyl (C=O) groups is 3. The van der Waals surface area contributed by atoms with Crippen LogP contribution in [0.5, 0.6) is 0 Å². The molecule has 2 aromatic rings. The van der Waals surface area contributed by atoms with Gasteiger partial charge in [0, 0.05) is 21.3 Å². The molecular formula is C18H15Cl2FN2O4. The van der Waals surface area contributed by atoms with Crippen LogP contribution in [0.3, 0.4) is 0 Å². The molecule has 0 saturated carbocycles. The van der Waals surface area contributed by atoms with Gasteiger partial charge in [0.15, 0.2) is 6.10 Å². The molecule has 2 N–H and O–H groups in total. The molecule has 0 fully saturated rings. The average molecular weight is 413 g/mol. The SMILES string of the molecule is CC(OC(=O)CNC(=O)c1cccc(F)c1)C(=O)Nc1cc(Cl)cc(Cl)c1. The van der Waals surface area contributed by atoms with Crippen LogP contribution in [0.1, 0.15) is 17.3 Å². The summed E-state index contributed by atoms with van der Waals surface area (Å²) in [6.45, 7) is 0.893. The van der Waals surface area contributed by atoms with Crippen molar-refractivity contribution in [2.24, 2.45) is 0 Å². The Bertz CT molecular complexity index is 856. The number of rotatable bonds is 6. The fourth-order valence-electron chi connectivity index (χ4n) is 2.05. The molecule has 0 saturated heterocycles. The van der Waals surface area contributed by atoms with Gasteiger partial charge in [0.25, 0.3) is 11.8 Å². The predicted octanol–water partition coefficient (Wildman–Crippen LogP) is 3.43. The number of esters is 1. The van der Waals surface area contributed by atoms with Crippen molar-refractivity contribution < 1.29 is 23.5 Å². The molecule has 27 heavy (non-hydrogen) atoms. The maximum absolute atomic E-state index is 13.1. The summed E-state index contributed by atoms with van der Waals surface area (Å²) in [5.74, 6) is -2.64. The van der Waals surface area contributed by atoms with Crippen molar-refractivity contribution in [1.29, 1.82) is 0 Å². The molecule has 0 aromatic heterocycles. The zero-order valence-electron chi connectivity index (χ0n) is 14.1. The van der Waals surface area contributed by atoms with E-state index in [1.54, 1.807) is 0 Å². The van der Waals surface area contributed by atoms with E-state index in [1.165, 1.54) is 43.3 Å². The first kappa shape index (κ1) is 20.7. The molecule has 0 heterocycles. The molecule has 2 aromatic carbocycles. The first-order valence-corrected chi connectivity index (χ1v) is 8.50. The number of nitrogens with one attached hydrogen (secondary N) is 2. The van der Waals surface area contributed by atoms with Gasteiger partial charge in [0.2, 0.25) is 0 Å². The van der Waals surface area contributed by atoms with Gasteiger partial charge in [-0.1, -0.05) is 29.3 Å². The van der Waals surface area contributed by atoms with Crippen LogP contribution < -0.4 is 10.6 Å². The highest BCUT2D eigenvalue weighted by molar-refractivity contribution is 6.35. The van der Waals surface area contributed by atoms with Gasteiger partial charge in [-0.2, -0.15) is 0 Å². The van der Waals surface area contributed by atoms with Gasteiger partial charge in [0.1, 0.15) is 12.4 Å². The topological polar surface area (TPSA) is 84.5 Å². The van der Waals surface area contributed by atoms with E-state index >= 15 is 0 Å². The molecule has 1 atom stereocenters. The van der Waals surface area contributed by atoms with E-state index in [0.717, 1.165) is 6.07 Å². The lowest BCUT2D eigenvalue weighted by atomic mass is 10.2. The van der Waals surface area contributed by atoms with E-state index in [1.807, 2.05) is 0 Å². The highest BCUT2D eigenvalue weighted by Crippen LogP contribution is 2.22. The van der Waals surface area contributed by atoms with Crippen molar-refractivity contribution >= 4 is 46.7 Å². The van der Waals surface area contributed by atoms with Gasteiger partial charge in [-0.3, -0.25) is 14.4 Å². The van der Waals surface area contributed by atoms with E-state index in [9.17, 15) is 18.8 Å². The Balaban J connectivity index is 1.83. The molecule has 2 rings (SSSR count). The normalized spacial score (nSPS) is 11.4. The van der Waals surface area contributed by atoms with Crippen molar-refractivity contribution in [3.8, 4) is 0 Å². The molecule has 0 bridgehead atoms. The second-order valence-electron chi connectivity index (χ2n) is 5.47. The number of amides is 2. The molecule has 6 nitrogen and oxygen atoms in total. The van der Waals surface area contributed by atoms with E-state index in [4.69, 9.17) is 27.9 Å². The van der Waals surface area contributed by atoms with Crippen LogP contribution in [0, 0.1) is 5.82 Å². The number of anilines is 1. The molecule has 142 valence electrons. The zero-order chi connectivity index (χ0) is 20.0. The summed E-state index contributed by atoms with van der Waals surface area (Å²) in [6.07, 6.45) is -1.12. The minimum absolute atomic E-state index is 0.0615. The first-order valence-electron chi connectivity index (χ1n) is 7.75. The fourth-order valence-corrected chi connectivity index (χ4v) is 2.57. The fraction of sp³-hybridized carbons (Fsp3) is 0.167. The quantitative estimate of drug-likeness (QED) is 0.711. The van der Waals surface area contributed by atoms with Crippen LogP contribution in [0.15, 0.2) is 42.5 Å². The monoisotopic (exact) mass is 412 g/mol. The van der Waals surface area contributed by atoms with Crippen LogP contribution in [0.25, 0.3) is 0 Å². The first-order chi connectivity index (χ1) is 12.7. The minimum atomic E-state index is -1.12. The van der Waals surface area contributed by atoms with Crippen LogP contribution in [-0.4, -0.2) is 30.4 Å². The van der Waals surface area contributed by atoms with E-state index in [0.29, 0.717) is 15.7 Å². The molecule has 0 aliphatic rings. The summed E-state index contributed by atoms with van der Waals surface area (Å²) in [5, 5.41) is 5.47. The Morgan fingerprint density at radius 3 is 2.41 bits per heavy atom. The Morgan fingerprint density at radius 1 is 1.11 bits per heavy atom. The number of hydrogen-bond acceptors (Lipinski definition) is 4. The number of ether oxygens (including phenoxy) is 1. The van der Waals surface area contributed by atoms with Gasteiger partial charge in [-0.25, -0.2) is 4.39 Å². The van der Waals surface area contributed by atoms with Crippen LogP contribution >= 0.6 is 23.2 Å². The third-order valence-electron chi connectivity index (χ3n) is 3.29. The van der Waals surface area contributed by atoms with Crippen molar-refractivity contribution in [2.45, 2.75) is 13.0 Å². The third kappa shape index (κ3) is 6.54. The van der Waals surface area contributed by atoms with Gasteiger partial charge in [-0.15, -0.1) is 0 Å². The molecule has 0 aliphatic heterocycles. The summed E-state index contributed by atoms with van der Waals surface area (Å²) in [5.41, 5.74) is 0.409. The average Bonchev–Trinajstić information content (AvgIpc) is 2.58. The van der Waals surface area contributed by atoms with Crippen molar-refractivity contribution in [2.75, 3.05) is 11.9 Å². The van der Waals surface area contributed by atoms with Crippen molar-refractivity contribution in [3.05, 3.63) is 63.9 Å². The molecule has 2 amide bonds. The van der Waals surface area contributed by atoms with Gasteiger partial charge in [-0.05, 0) is 43.3 Å². The van der Waals surface area contributed by atoms with Crippen LogP contribution in [0.4, 0.5) is 10.1 Å². The minimum Gasteiger partial charge on any atom is -0.451 e. The van der Waals surface area contributed by atoms with Crippen LogP contribution in [-0.2, 0) is 14.3 Å². The third-order valence-corrected chi connectivity index (χ3v) is 3.72. The lowest BCUT2D eigenvalue weighted by molar-refractivity contribution is -0.152. The number of benzene rings is 2. The molecule has 9 heteroatoms. The maximum atomic E-state index is 13.1. The van der Waals surface area contributed by atoms with Gasteiger partial charge >= 0.3 is 5.97 Å². The Kier molecular flexibility index (Phi) is 7.15. The molecular weight excluding hydrogens is 398 g/mol. The number of hydrogen-bond donors (Lipinski definition) is 2. The molecule has 0 aliphatic carbocycles. The van der Waals surface area contributed by atoms with E-state index < -0.39 is 36.2 Å². The van der Waals surface area contributed by atoms with Crippen molar-refractivity contribution in [1.82, 2.24) is 5.32 Å². The summed E-state index contributed by atoms with van der Waals surface area (Å²) >= 11 is 11.7. The highest BCUT2D eigenvalue weighted by atomic mass is 35.5. The highest BCUT2D eigenvalue weighted by Gasteiger charge is 2.19. The summed E-state index contributed by atoms with van der Waals surface area (Å²) < 4.78 is 18.0. The van der Waals surface area contributed by atoms with E-state index in [2.05, 4.69) is 10.6 Å². The Labute approximate surface area is 164 Å². The molecule has 0 spiro atoms. The maximum Gasteiger partial charge on any atom is 0.326 e. The Morgan fingerprint density at radius 2 is 1.78 bits per heavy atom. The van der Waals surface area contributed by atoms with Gasteiger partial charge < -0.3 is 15.4 Å². The smallest absolute Gasteiger partial charge is 0.326 e.